The third-order valence-electron chi connectivity index (χ3n) is 2.86. The second kappa shape index (κ2) is 5.46. The van der Waals surface area contributed by atoms with Crippen molar-refractivity contribution in [1.29, 1.82) is 0 Å². The quantitative estimate of drug-likeness (QED) is 0.931. The fourth-order valence-electron chi connectivity index (χ4n) is 1.66. The second-order valence-electron chi connectivity index (χ2n) is 4.27. The molecule has 0 radical (unpaired) electrons. The van der Waals surface area contributed by atoms with Gasteiger partial charge in [0, 0.05) is 12.4 Å². The zero-order chi connectivity index (χ0) is 14.8. The van der Waals surface area contributed by atoms with Gasteiger partial charge in [-0.1, -0.05) is 0 Å². The van der Waals surface area contributed by atoms with Gasteiger partial charge in [0.1, 0.15) is 10.6 Å². The highest BCUT2D eigenvalue weighted by molar-refractivity contribution is 7.92. The first-order valence-corrected chi connectivity index (χ1v) is 7.37. The summed E-state index contributed by atoms with van der Waals surface area (Å²) in [6.07, 6.45) is 2.92. The monoisotopic (exact) mass is 293 g/mol. The van der Waals surface area contributed by atoms with Crippen LogP contribution in [0.25, 0.3) is 0 Å². The lowest BCUT2D eigenvalue weighted by Crippen LogP contribution is -2.16. The molecular weight excluding hydrogens is 278 g/mol. The normalized spacial score (nSPS) is 11.2. The van der Waals surface area contributed by atoms with Crippen molar-refractivity contribution in [2.45, 2.75) is 18.7 Å². The van der Waals surface area contributed by atoms with Gasteiger partial charge in [-0.15, -0.1) is 0 Å². The lowest BCUT2D eigenvalue weighted by atomic mass is 10.1. The smallest absolute Gasteiger partial charge is 0.267 e. The summed E-state index contributed by atoms with van der Waals surface area (Å²) >= 11 is 0. The number of aryl methyl sites for hydroxylation is 2. The minimum Gasteiger partial charge on any atom is -0.495 e. The first-order valence-electron chi connectivity index (χ1n) is 5.89. The Kier molecular flexibility index (Phi) is 3.89. The molecule has 2 aromatic rings. The van der Waals surface area contributed by atoms with E-state index in [0.29, 0.717) is 0 Å². The van der Waals surface area contributed by atoms with Gasteiger partial charge in [0.25, 0.3) is 10.0 Å². The topological polar surface area (TPSA) is 81.2 Å². The molecule has 2 rings (SSSR count). The van der Waals surface area contributed by atoms with E-state index < -0.39 is 10.0 Å². The Balaban J connectivity index is 2.47. The number of methoxy groups -OCH3 is 1. The maximum atomic E-state index is 12.4. The van der Waals surface area contributed by atoms with E-state index in [-0.39, 0.29) is 16.6 Å². The van der Waals surface area contributed by atoms with Crippen molar-refractivity contribution < 1.29 is 13.2 Å². The number of sulfonamides is 1. The largest absolute Gasteiger partial charge is 0.495 e. The van der Waals surface area contributed by atoms with E-state index >= 15 is 0 Å². The van der Waals surface area contributed by atoms with Crippen LogP contribution in [0.1, 0.15) is 11.1 Å². The summed E-state index contributed by atoms with van der Waals surface area (Å²) < 4.78 is 32.2. The average molecular weight is 293 g/mol. The van der Waals surface area contributed by atoms with Gasteiger partial charge in [-0.3, -0.25) is 0 Å². The van der Waals surface area contributed by atoms with Crippen LogP contribution in [0.5, 0.6) is 5.75 Å². The lowest BCUT2D eigenvalue weighted by molar-refractivity contribution is 0.402. The van der Waals surface area contributed by atoms with E-state index in [9.17, 15) is 8.42 Å². The van der Waals surface area contributed by atoms with Gasteiger partial charge < -0.3 is 4.74 Å². The number of rotatable bonds is 4. The molecule has 0 unspecified atom stereocenters. The minimum absolute atomic E-state index is 0.0211. The molecule has 0 atom stereocenters. The molecule has 0 fully saturated rings. The predicted octanol–water partition coefficient (Wildman–Crippen LogP) is 1.90. The van der Waals surface area contributed by atoms with Gasteiger partial charge in [-0.2, -0.15) is 0 Å². The third kappa shape index (κ3) is 2.88. The fraction of sp³-hybridized carbons (Fsp3) is 0.231. The predicted molar refractivity (Wildman–Crippen MR) is 75.3 cm³/mol. The zero-order valence-corrected chi connectivity index (χ0v) is 12.2. The summed E-state index contributed by atoms with van der Waals surface area (Å²) in [5.74, 6) is 0.310. The molecule has 1 aromatic heterocycles. The molecule has 0 bridgehead atoms. The Labute approximate surface area is 117 Å². The summed E-state index contributed by atoms with van der Waals surface area (Å²) in [7, 11) is -2.36. The molecule has 1 heterocycles. The first-order chi connectivity index (χ1) is 9.44. The Morgan fingerprint density at radius 3 is 2.30 bits per heavy atom. The van der Waals surface area contributed by atoms with Gasteiger partial charge in [-0.25, -0.2) is 23.1 Å². The third-order valence-corrected chi connectivity index (χ3v) is 4.21. The molecule has 1 aromatic carbocycles. The summed E-state index contributed by atoms with van der Waals surface area (Å²) in [6, 6.07) is 4.86. The van der Waals surface area contributed by atoms with Crippen LogP contribution in [-0.2, 0) is 10.0 Å². The average Bonchev–Trinajstić information content (AvgIpc) is 2.42. The second-order valence-corrected chi connectivity index (χ2v) is 5.92. The van der Waals surface area contributed by atoms with Crippen LogP contribution in [0.3, 0.4) is 0 Å². The molecule has 0 aliphatic heterocycles. The zero-order valence-electron chi connectivity index (χ0n) is 11.4. The SMILES string of the molecule is COc1cc(C)c(C)cc1S(=O)(=O)Nc1ncccn1. The highest BCUT2D eigenvalue weighted by atomic mass is 32.2. The molecule has 7 heteroatoms. The fourth-order valence-corrected chi connectivity index (χ4v) is 2.85. The van der Waals surface area contributed by atoms with Gasteiger partial charge >= 0.3 is 0 Å². The maximum absolute atomic E-state index is 12.4. The maximum Gasteiger partial charge on any atom is 0.267 e. The van der Waals surface area contributed by atoms with Crippen molar-refractivity contribution in [1.82, 2.24) is 9.97 Å². The van der Waals surface area contributed by atoms with E-state index in [4.69, 9.17) is 4.74 Å². The van der Waals surface area contributed by atoms with Crippen LogP contribution in [0.15, 0.2) is 35.5 Å². The van der Waals surface area contributed by atoms with Crippen LogP contribution < -0.4 is 9.46 Å². The van der Waals surface area contributed by atoms with E-state index in [1.807, 2.05) is 13.8 Å². The Hall–Kier alpha value is -2.15. The summed E-state index contributed by atoms with van der Waals surface area (Å²) in [5.41, 5.74) is 1.82. The molecule has 0 saturated heterocycles. The Bertz CT molecular complexity index is 715. The lowest BCUT2D eigenvalue weighted by Gasteiger charge is -2.12. The van der Waals surface area contributed by atoms with Crippen molar-refractivity contribution in [3.05, 3.63) is 41.7 Å². The Morgan fingerprint density at radius 1 is 1.10 bits per heavy atom. The van der Waals surface area contributed by atoms with Crippen molar-refractivity contribution in [3.63, 3.8) is 0 Å². The highest BCUT2D eigenvalue weighted by Crippen LogP contribution is 2.28. The van der Waals surface area contributed by atoms with Crippen LogP contribution in [0.2, 0.25) is 0 Å². The van der Waals surface area contributed by atoms with Crippen LogP contribution in [0, 0.1) is 13.8 Å². The number of benzene rings is 1. The summed E-state index contributed by atoms with van der Waals surface area (Å²) in [4.78, 5) is 7.75. The molecular formula is C13H15N3O3S. The van der Waals surface area contributed by atoms with Gasteiger partial charge in [0.05, 0.1) is 7.11 Å². The number of hydrogen-bond donors (Lipinski definition) is 1. The first kappa shape index (κ1) is 14.3. The molecule has 6 nitrogen and oxygen atoms in total. The van der Waals surface area contributed by atoms with Crippen molar-refractivity contribution in [3.8, 4) is 5.75 Å². The van der Waals surface area contributed by atoms with Crippen molar-refractivity contribution >= 4 is 16.0 Å². The number of nitrogens with zero attached hydrogens (tertiary/aromatic N) is 2. The molecule has 0 saturated carbocycles. The molecule has 106 valence electrons. The molecule has 20 heavy (non-hydrogen) atoms. The molecule has 0 aliphatic rings. The summed E-state index contributed by atoms with van der Waals surface area (Å²) in [5, 5.41) is 0. The van der Waals surface area contributed by atoms with Gasteiger partial charge in [0.2, 0.25) is 5.95 Å². The van der Waals surface area contributed by atoms with Crippen LogP contribution in [0.4, 0.5) is 5.95 Å². The van der Waals surface area contributed by atoms with E-state index in [0.717, 1.165) is 11.1 Å². The minimum atomic E-state index is -3.80. The standard InChI is InChI=1S/C13H15N3O3S/c1-9-7-11(19-3)12(8-10(9)2)20(17,18)16-13-14-5-4-6-15-13/h4-8H,1-3H3,(H,14,15,16). The number of nitrogens with one attached hydrogen (secondary N) is 1. The van der Waals surface area contributed by atoms with Crippen molar-refractivity contribution in [2.75, 3.05) is 11.8 Å². The van der Waals surface area contributed by atoms with Crippen LogP contribution >= 0.6 is 0 Å². The van der Waals surface area contributed by atoms with Gasteiger partial charge in [0.15, 0.2) is 0 Å². The summed E-state index contributed by atoms with van der Waals surface area (Å²) in [6.45, 7) is 3.73. The Morgan fingerprint density at radius 2 is 1.70 bits per heavy atom. The molecule has 0 aliphatic carbocycles. The number of hydrogen-bond acceptors (Lipinski definition) is 5. The van der Waals surface area contributed by atoms with E-state index in [2.05, 4.69) is 14.7 Å². The number of anilines is 1. The molecule has 0 spiro atoms. The van der Waals surface area contributed by atoms with E-state index in [1.54, 1.807) is 18.2 Å². The molecule has 0 amide bonds. The number of aromatic nitrogens is 2. The highest BCUT2D eigenvalue weighted by Gasteiger charge is 2.21. The van der Waals surface area contributed by atoms with Gasteiger partial charge in [-0.05, 0) is 43.2 Å². The molecule has 1 N–H and O–H groups in total. The van der Waals surface area contributed by atoms with E-state index in [1.165, 1.54) is 19.5 Å². The van der Waals surface area contributed by atoms with Crippen LogP contribution in [-0.4, -0.2) is 25.5 Å². The van der Waals surface area contributed by atoms with Crippen molar-refractivity contribution in [2.24, 2.45) is 0 Å². The number of ether oxygens (including phenoxy) is 1.